The van der Waals surface area contributed by atoms with Crippen molar-refractivity contribution in [2.24, 2.45) is 0 Å². The minimum atomic E-state index is 0. The van der Waals surface area contributed by atoms with Crippen molar-refractivity contribution >= 4 is 59.6 Å². The normalized spacial score (nSPS) is 18.3. The molecule has 3 rings (SSSR count). The molecule has 0 amide bonds. The fourth-order valence-corrected chi connectivity index (χ4v) is 2.87. The Hall–Kier alpha value is 0.373. The zero-order valence-corrected chi connectivity index (χ0v) is 17.1. The third-order valence-corrected chi connectivity index (χ3v) is 3.57. The van der Waals surface area contributed by atoms with Crippen molar-refractivity contribution in [3.8, 4) is 11.1 Å². The number of rotatable bonds is 1. The van der Waals surface area contributed by atoms with Gasteiger partial charge in [0.2, 0.25) is 0 Å². The van der Waals surface area contributed by atoms with Crippen LogP contribution in [0.1, 0.15) is 6.92 Å². The van der Waals surface area contributed by atoms with Crippen LogP contribution in [0.5, 0.6) is 0 Å². The molecule has 0 spiro atoms. The second kappa shape index (κ2) is 8.12. The first-order valence-electron chi connectivity index (χ1n) is 5.67. The standard InChI is InChI=1S/C16H12I.2ClH.Zr/c1-16(17)10-13-8-5-9-14(15(13)11-16)12-6-3-2-4-7-12;;;/h2-9,11H,1H3;2*1H;/q-1;;;. The van der Waals surface area contributed by atoms with Gasteiger partial charge in [-0.1, -0.05) is 71.5 Å². The molecule has 2 aromatic carbocycles. The number of halogens is 3. The average Bonchev–Trinajstić information content (AvgIpc) is 2.63. The van der Waals surface area contributed by atoms with Gasteiger partial charge in [0.05, 0.1) is 0 Å². The Morgan fingerprint density at radius 3 is 2.25 bits per heavy atom. The summed E-state index contributed by atoms with van der Waals surface area (Å²) >= 11 is 2.43. The molecule has 0 aliphatic heterocycles. The molecule has 0 bridgehead atoms. The van der Waals surface area contributed by atoms with E-state index in [-0.39, 0.29) is 54.4 Å². The van der Waals surface area contributed by atoms with Gasteiger partial charge >= 0.3 is 0 Å². The van der Waals surface area contributed by atoms with E-state index in [4.69, 9.17) is 0 Å². The van der Waals surface area contributed by atoms with Gasteiger partial charge in [0.25, 0.3) is 0 Å². The molecular weight excluding hydrogens is 481 g/mol. The van der Waals surface area contributed by atoms with Gasteiger partial charge < -0.3 is 0 Å². The molecule has 104 valence electrons. The molecule has 1 atom stereocenters. The van der Waals surface area contributed by atoms with Crippen molar-refractivity contribution in [2.45, 2.75) is 10.3 Å². The minimum absolute atomic E-state index is 0. The molecule has 0 heterocycles. The fraction of sp³-hybridized carbons (Fsp3) is 0.125. The first-order chi connectivity index (χ1) is 8.16. The summed E-state index contributed by atoms with van der Waals surface area (Å²) in [6.45, 7) is 2.18. The van der Waals surface area contributed by atoms with E-state index in [1.165, 1.54) is 21.6 Å². The van der Waals surface area contributed by atoms with Crippen molar-refractivity contribution in [3.05, 3.63) is 59.0 Å². The quantitative estimate of drug-likeness (QED) is 0.321. The summed E-state index contributed by atoms with van der Waals surface area (Å²) in [5, 5.41) is 2.54. The average molecular weight is 495 g/mol. The van der Waals surface area contributed by atoms with E-state index in [1.807, 2.05) is 0 Å². The molecule has 1 aliphatic carbocycles. The Morgan fingerprint density at radius 1 is 0.950 bits per heavy atom. The Kier molecular flexibility index (Phi) is 8.28. The molecule has 0 fully saturated rings. The number of fused-ring (bicyclic) bond motifs is 1. The summed E-state index contributed by atoms with van der Waals surface area (Å²) in [5.74, 6) is 0. The molecule has 0 N–H and O–H groups in total. The molecule has 1 aliphatic rings. The van der Waals surface area contributed by atoms with Crippen LogP contribution in [0.4, 0.5) is 0 Å². The number of benzene rings is 2. The molecule has 0 saturated carbocycles. The topological polar surface area (TPSA) is 0 Å². The number of hydrogen-bond acceptors (Lipinski definition) is 0. The van der Waals surface area contributed by atoms with Crippen LogP contribution in [0.3, 0.4) is 0 Å². The van der Waals surface area contributed by atoms with Crippen LogP contribution < -0.4 is 10.4 Å². The summed E-state index contributed by atoms with van der Waals surface area (Å²) in [7, 11) is 0. The number of hydrogen-bond donors (Lipinski definition) is 0. The van der Waals surface area contributed by atoms with E-state index < -0.39 is 0 Å². The zero-order chi connectivity index (χ0) is 11.9. The maximum Gasteiger partial charge on any atom is 0 e. The molecule has 0 radical (unpaired) electrons. The van der Waals surface area contributed by atoms with E-state index in [1.54, 1.807) is 0 Å². The second-order valence-corrected chi connectivity index (χ2v) is 6.72. The van der Waals surface area contributed by atoms with Crippen LogP contribution in [0.15, 0.2) is 48.5 Å². The smallest absolute Gasteiger partial charge is 0 e. The fourth-order valence-electron chi connectivity index (χ4n) is 2.27. The van der Waals surface area contributed by atoms with Gasteiger partial charge in [0.1, 0.15) is 0 Å². The molecule has 0 saturated heterocycles. The van der Waals surface area contributed by atoms with Crippen LogP contribution in [0.25, 0.3) is 23.3 Å². The van der Waals surface area contributed by atoms with Crippen LogP contribution in [0.2, 0.25) is 0 Å². The van der Waals surface area contributed by atoms with E-state index in [9.17, 15) is 0 Å². The van der Waals surface area contributed by atoms with Gasteiger partial charge in [0, 0.05) is 26.2 Å². The Bertz CT molecular complexity index is 681. The van der Waals surface area contributed by atoms with Gasteiger partial charge in [-0.3, -0.25) is 0 Å². The van der Waals surface area contributed by atoms with Gasteiger partial charge in [-0.15, -0.1) is 42.2 Å². The van der Waals surface area contributed by atoms with Crippen LogP contribution in [-0.4, -0.2) is 3.42 Å². The maximum absolute atomic E-state index is 3.51. The predicted molar refractivity (Wildman–Crippen MR) is 95.9 cm³/mol. The van der Waals surface area contributed by atoms with E-state index >= 15 is 0 Å². The van der Waals surface area contributed by atoms with Gasteiger partial charge in [-0.25, -0.2) is 0 Å². The van der Waals surface area contributed by atoms with E-state index in [2.05, 4.69) is 90.2 Å². The zero-order valence-electron chi connectivity index (χ0n) is 10.9. The van der Waals surface area contributed by atoms with Crippen molar-refractivity contribution in [3.63, 3.8) is 0 Å². The Morgan fingerprint density at radius 2 is 1.60 bits per heavy atom. The van der Waals surface area contributed by atoms with Crippen molar-refractivity contribution in [1.82, 2.24) is 0 Å². The molecule has 4 heteroatoms. The largest absolute Gasteiger partial charge is 0.188 e. The first kappa shape index (κ1) is 20.4. The van der Waals surface area contributed by atoms with Crippen LogP contribution in [-0.2, 0) is 26.2 Å². The first-order valence-corrected chi connectivity index (χ1v) is 6.75. The third-order valence-electron chi connectivity index (χ3n) is 2.99. The van der Waals surface area contributed by atoms with E-state index in [0.717, 1.165) is 0 Å². The monoisotopic (exact) mass is 493 g/mol. The van der Waals surface area contributed by atoms with Crippen molar-refractivity contribution in [2.75, 3.05) is 0 Å². The predicted octanol–water partition coefficient (Wildman–Crippen LogP) is 3.84. The SMILES string of the molecule is CC1(I)[C-]=c2cccc(-c3ccccc3)c2=C1.Cl.Cl.[Zr]. The summed E-state index contributed by atoms with van der Waals surface area (Å²) in [6.07, 6.45) is 5.81. The molecular formula is C16H14Cl2IZr-. The van der Waals surface area contributed by atoms with Gasteiger partial charge in [-0.05, 0) is 8.99 Å². The molecule has 0 aromatic heterocycles. The van der Waals surface area contributed by atoms with Crippen molar-refractivity contribution < 1.29 is 26.2 Å². The summed E-state index contributed by atoms with van der Waals surface area (Å²) in [4.78, 5) is 0. The number of alkyl halides is 1. The maximum atomic E-state index is 3.51. The Labute approximate surface area is 164 Å². The summed E-state index contributed by atoms with van der Waals surface area (Å²) in [5.41, 5.74) is 2.58. The van der Waals surface area contributed by atoms with Crippen molar-refractivity contribution in [1.29, 1.82) is 0 Å². The molecule has 20 heavy (non-hydrogen) atoms. The third kappa shape index (κ3) is 4.19. The second-order valence-electron chi connectivity index (χ2n) is 4.48. The minimum Gasteiger partial charge on any atom is -0.188 e. The molecule has 1 unspecified atom stereocenters. The van der Waals surface area contributed by atoms with Crippen LogP contribution >= 0.6 is 47.4 Å². The summed E-state index contributed by atoms with van der Waals surface area (Å²) in [6, 6.07) is 17.0. The molecule has 0 nitrogen and oxygen atoms in total. The molecule has 2 aromatic rings. The van der Waals surface area contributed by atoms with Gasteiger partial charge in [0.15, 0.2) is 0 Å². The van der Waals surface area contributed by atoms with E-state index in [0.29, 0.717) is 0 Å². The summed E-state index contributed by atoms with van der Waals surface area (Å²) < 4.78 is 0.0188. The van der Waals surface area contributed by atoms with Crippen LogP contribution in [0, 0.1) is 0 Å². The van der Waals surface area contributed by atoms with Gasteiger partial charge in [-0.2, -0.15) is 17.4 Å². The Balaban J connectivity index is 0.00000120.